The normalized spacial score (nSPS) is 20.2. The summed E-state index contributed by atoms with van der Waals surface area (Å²) in [7, 11) is 0. The number of nitrogens with one attached hydrogen (secondary N) is 1. The summed E-state index contributed by atoms with van der Waals surface area (Å²) < 4.78 is 18.4. The van der Waals surface area contributed by atoms with Gasteiger partial charge in [0.1, 0.15) is 0 Å². The molecule has 1 fully saturated rings. The summed E-state index contributed by atoms with van der Waals surface area (Å²) in [5.41, 5.74) is 5.70. The van der Waals surface area contributed by atoms with Gasteiger partial charge in [-0.15, -0.1) is 0 Å². The van der Waals surface area contributed by atoms with Crippen molar-refractivity contribution in [3.63, 3.8) is 0 Å². The Labute approximate surface area is 270 Å². The third-order valence-electron chi connectivity index (χ3n) is 8.22. The Morgan fingerprint density at radius 2 is 1.37 bits per heavy atom. The van der Waals surface area contributed by atoms with Gasteiger partial charge in [0.2, 0.25) is 0 Å². The number of aliphatic hydroxyl groups is 1. The molecule has 46 heavy (non-hydrogen) atoms. The second kappa shape index (κ2) is 15.8. The minimum Gasteiger partial charge on any atom is -0.453 e. The summed E-state index contributed by atoms with van der Waals surface area (Å²) in [6.45, 7) is 7.16. The van der Waals surface area contributed by atoms with Crippen LogP contribution in [0.1, 0.15) is 61.0 Å². The molecule has 8 nitrogen and oxygen atoms in total. The number of anilines is 1. The molecule has 4 aromatic carbocycles. The highest BCUT2D eigenvalue weighted by Crippen LogP contribution is 2.42. The van der Waals surface area contributed by atoms with Gasteiger partial charge < -0.3 is 24.6 Å². The van der Waals surface area contributed by atoms with E-state index in [1.54, 1.807) is 12.1 Å². The molecule has 1 aliphatic heterocycles. The van der Waals surface area contributed by atoms with Crippen LogP contribution in [-0.2, 0) is 43.5 Å². The first kappa shape index (κ1) is 33.0. The topological polar surface area (TPSA) is 97.3 Å². The Balaban J connectivity index is 1.39. The van der Waals surface area contributed by atoms with Gasteiger partial charge in [-0.05, 0) is 41.3 Å². The van der Waals surface area contributed by atoms with Gasteiger partial charge in [0.25, 0.3) is 5.91 Å². The predicted molar refractivity (Wildman–Crippen MR) is 176 cm³/mol. The number of carbonyl (C=O) groups excluding carboxylic acids is 2. The smallest absolute Gasteiger partial charge is 0.303 e. The number of rotatable bonds is 12. The maximum Gasteiger partial charge on any atom is 0.303 e. The number of benzene rings is 4. The highest BCUT2D eigenvalue weighted by Gasteiger charge is 2.39. The Hall–Kier alpha value is -4.34. The van der Waals surface area contributed by atoms with Gasteiger partial charge in [-0.1, -0.05) is 104 Å². The lowest BCUT2D eigenvalue weighted by molar-refractivity contribution is -0.276. The maximum absolute atomic E-state index is 12.5. The molecule has 0 bridgehead atoms. The molecule has 0 aromatic heterocycles. The summed E-state index contributed by atoms with van der Waals surface area (Å²) in [6.07, 6.45) is -1.98. The molecule has 1 saturated heterocycles. The molecule has 5 rings (SSSR count). The monoisotopic (exact) mass is 622 g/mol. The van der Waals surface area contributed by atoms with Gasteiger partial charge in [-0.2, -0.15) is 0 Å². The molecule has 0 radical (unpaired) electrons. The van der Waals surface area contributed by atoms with Crippen molar-refractivity contribution in [1.82, 2.24) is 4.90 Å². The van der Waals surface area contributed by atoms with Crippen LogP contribution in [0.5, 0.6) is 0 Å². The molecular formula is C38H42N2O6. The fourth-order valence-corrected chi connectivity index (χ4v) is 5.72. The number of ether oxygens (including phenoxy) is 3. The standard InChI is InChI=1S/C38H42N2O6/c1-26-35(24-40(22-29-10-6-4-7-11-29)23-30-12-8-5-9-13-30)45-38(46-36(26)32-16-14-31(25-41)15-17-32)33-18-20-34(21-19-33)39-37(43)27(2)44-28(3)42/h4-21,26-27,35-36,38,41H,22-25H2,1-3H3,(H,39,43). The van der Waals surface area contributed by atoms with E-state index in [0.717, 1.165) is 29.8 Å². The van der Waals surface area contributed by atoms with Crippen LogP contribution >= 0.6 is 0 Å². The lowest BCUT2D eigenvalue weighted by Gasteiger charge is -2.43. The number of amides is 1. The van der Waals surface area contributed by atoms with Crippen LogP contribution in [0.25, 0.3) is 0 Å². The average Bonchev–Trinajstić information content (AvgIpc) is 3.06. The molecule has 1 aliphatic rings. The van der Waals surface area contributed by atoms with E-state index in [0.29, 0.717) is 12.2 Å². The Morgan fingerprint density at radius 3 is 1.91 bits per heavy atom. The second-order valence-electron chi connectivity index (χ2n) is 11.8. The van der Waals surface area contributed by atoms with Crippen molar-refractivity contribution in [2.75, 3.05) is 11.9 Å². The van der Waals surface area contributed by atoms with E-state index in [9.17, 15) is 14.7 Å². The number of nitrogens with zero attached hydrogens (tertiary/aromatic N) is 1. The zero-order valence-corrected chi connectivity index (χ0v) is 26.5. The van der Waals surface area contributed by atoms with Gasteiger partial charge in [-0.25, -0.2) is 0 Å². The van der Waals surface area contributed by atoms with Gasteiger partial charge in [0.15, 0.2) is 12.4 Å². The van der Waals surface area contributed by atoms with Crippen LogP contribution < -0.4 is 5.32 Å². The third kappa shape index (κ3) is 8.89. The summed E-state index contributed by atoms with van der Waals surface area (Å²) in [6, 6.07) is 36.1. The van der Waals surface area contributed by atoms with E-state index in [2.05, 4.69) is 65.7 Å². The number of hydrogen-bond donors (Lipinski definition) is 2. The highest BCUT2D eigenvalue weighted by atomic mass is 16.7. The Bertz CT molecular complexity index is 1500. The van der Waals surface area contributed by atoms with Gasteiger partial charge in [0.05, 0.1) is 18.8 Å². The molecular weight excluding hydrogens is 580 g/mol. The van der Waals surface area contributed by atoms with Gasteiger partial charge >= 0.3 is 5.97 Å². The third-order valence-corrected chi connectivity index (χ3v) is 8.22. The highest BCUT2D eigenvalue weighted by molar-refractivity contribution is 5.94. The van der Waals surface area contributed by atoms with E-state index in [1.807, 2.05) is 48.5 Å². The van der Waals surface area contributed by atoms with Crippen LogP contribution in [0, 0.1) is 5.92 Å². The van der Waals surface area contributed by atoms with Crippen molar-refractivity contribution < 1.29 is 28.9 Å². The quantitative estimate of drug-likeness (QED) is 0.173. The van der Waals surface area contributed by atoms with Crippen molar-refractivity contribution in [3.8, 4) is 0 Å². The minimum atomic E-state index is -0.905. The molecule has 240 valence electrons. The number of esters is 1. The van der Waals surface area contributed by atoms with Crippen LogP contribution in [0.4, 0.5) is 5.69 Å². The molecule has 0 saturated carbocycles. The van der Waals surface area contributed by atoms with E-state index in [4.69, 9.17) is 14.2 Å². The molecule has 1 amide bonds. The molecule has 8 heteroatoms. The van der Waals surface area contributed by atoms with Crippen LogP contribution in [0.2, 0.25) is 0 Å². The largest absolute Gasteiger partial charge is 0.453 e. The molecule has 4 aromatic rings. The first-order valence-electron chi connectivity index (χ1n) is 15.7. The van der Waals surface area contributed by atoms with Crippen LogP contribution in [0.15, 0.2) is 109 Å². The SMILES string of the molecule is CC(=O)OC(C)C(=O)Nc1ccc(C2OC(CN(Cc3ccccc3)Cc3ccccc3)C(C)C(c3ccc(CO)cc3)O2)cc1. The predicted octanol–water partition coefficient (Wildman–Crippen LogP) is 6.56. The fourth-order valence-electron chi connectivity index (χ4n) is 5.72. The van der Waals surface area contributed by atoms with Crippen LogP contribution in [0.3, 0.4) is 0 Å². The second-order valence-corrected chi connectivity index (χ2v) is 11.8. The number of carbonyl (C=O) groups is 2. The van der Waals surface area contributed by atoms with Crippen molar-refractivity contribution in [2.45, 2.75) is 65.1 Å². The van der Waals surface area contributed by atoms with Gasteiger partial charge in [-0.3, -0.25) is 14.5 Å². The average molecular weight is 623 g/mol. The minimum absolute atomic E-state index is 0.0200. The summed E-state index contributed by atoms with van der Waals surface area (Å²) in [4.78, 5) is 26.1. The molecule has 0 aliphatic carbocycles. The molecule has 0 spiro atoms. The van der Waals surface area contributed by atoms with E-state index in [-0.39, 0.29) is 24.7 Å². The zero-order valence-electron chi connectivity index (χ0n) is 26.5. The van der Waals surface area contributed by atoms with E-state index < -0.39 is 24.3 Å². The van der Waals surface area contributed by atoms with Crippen LogP contribution in [-0.4, -0.2) is 40.6 Å². The van der Waals surface area contributed by atoms with Crippen molar-refractivity contribution in [3.05, 3.63) is 137 Å². The van der Waals surface area contributed by atoms with E-state index >= 15 is 0 Å². The summed E-state index contributed by atoms with van der Waals surface area (Å²) in [5.74, 6) is -0.906. The lowest BCUT2D eigenvalue weighted by atomic mass is 9.89. The van der Waals surface area contributed by atoms with Crippen molar-refractivity contribution in [2.24, 2.45) is 5.92 Å². The molecule has 2 N–H and O–H groups in total. The Morgan fingerprint density at radius 1 is 0.804 bits per heavy atom. The summed E-state index contributed by atoms with van der Waals surface area (Å²) in [5, 5.41) is 12.4. The summed E-state index contributed by atoms with van der Waals surface area (Å²) >= 11 is 0. The Kier molecular flexibility index (Phi) is 11.3. The van der Waals surface area contributed by atoms with Crippen molar-refractivity contribution >= 4 is 17.6 Å². The first-order chi connectivity index (χ1) is 22.3. The molecule has 5 unspecified atom stereocenters. The number of aliphatic hydroxyl groups excluding tert-OH is 1. The maximum atomic E-state index is 12.5. The molecule has 1 heterocycles. The van der Waals surface area contributed by atoms with E-state index in [1.165, 1.54) is 25.0 Å². The molecule has 5 atom stereocenters. The van der Waals surface area contributed by atoms with Gasteiger partial charge in [0, 0.05) is 43.7 Å². The van der Waals surface area contributed by atoms with Crippen molar-refractivity contribution in [1.29, 1.82) is 0 Å². The number of hydrogen-bond acceptors (Lipinski definition) is 7. The lowest BCUT2D eigenvalue weighted by Crippen LogP contribution is -2.44. The fraction of sp³-hybridized carbons (Fsp3) is 0.316. The zero-order chi connectivity index (χ0) is 32.5. The first-order valence-corrected chi connectivity index (χ1v) is 15.7.